The molecular formula is C14H9OS2. The van der Waals surface area contributed by atoms with Crippen LogP contribution < -0.4 is 0 Å². The maximum absolute atomic E-state index is 10.3. The summed E-state index contributed by atoms with van der Waals surface area (Å²) in [5.74, 6) is 0.334. The number of phenolic OH excluding ortho intramolecular Hbond substituents is 1. The highest BCUT2D eigenvalue weighted by molar-refractivity contribution is 7.08. The van der Waals surface area contributed by atoms with Crippen LogP contribution in [0.15, 0.2) is 45.8 Å². The molecule has 17 heavy (non-hydrogen) atoms. The summed E-state index contributed by atoms with van der Waals surface area (Å²) in [5, 5.41) is 18.4. The smallest absolute Gasteiger partial charge is 0.131 e. The minimum absolute atomic E-state index is 0.334. The van der Waals surface area contributed by atoms with Crippen molar-refractivity contribution in [3.8, 4) is 28.0 Å². The molecule has 0 fully saturated rings. The van der Waals surface area contributed by atoms with Gasteiger partial charge in [-0.05, 0) is 63.0 Å². The molecule has 1 nitrogen and oxygen atoms in total. The number of rotatable bonds is 2. The fraction of sp³-hybridized carbons (Fsp3) is 0. The van der Waals surface area contributed by atoms with Crippen LogP contribution in [0, 0.1) is 6.07 Å². The fourth-order valence-corrected chi connectivity index (χ4v) is 3.08. The molecule has 0 aliphatic carbocycles. The molecule has 0 amide bonds. The Balaban J connectivity index is 2.17. The summed E-state index contributed by atoms with van der Waals surface area (Å²) < 4.78 is 0. The van der Waals surface area contributed by atoms with Crippen molar-refractivity contribution < 1.29 is 5.11 Å². The summed E-state index contributed by atoms with van der Waals surface area (Å²) in [6, 6.07) is 10.8. The van der Waals surface area contributed by atoms with Crippen molar-refractivity contribution in [2.75, 3.05) is 0 Å². The third-order valence-corrected chi connectivity index (χ3v) is 4.00. The van der Waals surface area contributed by atoms with Crippen molar-refractivity contribution in [1.82, 2.24) is 0 Å². The molecule has 0 unspecified atom stereocenters. The summed E-state index contributed by atoms with van der Waals surface area (Å²) >= 11 is 3.25. The molecule has 0 atom stereocenters. The lowest BCUT2D eigenvalue weighted by molar-refractivity contribution is 0.479. The Morgan fingerprint density at radius 1 is 0.882 bits per heavy atom. The molecule has 0 aliphatic rings. The van der Waals surface area contributed by atoms with Crippen molar-refractivity contribution in [3.05, 3.63) is 51.9 Å². The molecule has 83 valence electrons. The maximum atomic E-state index is 10.3. The highest BCUT2D eigenvalue weighted by Crippen LogP contribution is 2.38. The lowest BCUT2D eigenvalue weighted by Gasteiger charge is -2.07. The SMILES string of the molecule is Oc1c(-c2ccsc2)c[c]cc1-c1ccsc1. The van der Waals surface area contributed by atoms with E-state index in [1.54, 1.807) is 22.7 Å². The van der Waals surface area contributed by atoms with Crippen LogP contribution in [-0.2, 0) is 0 Å². The molecule has 0 saturated heterocycles. The molecule has 0 aliphatic heterocycles. The van der Waals surface area contributed by atoms with Gasteiger partial charge < -0.3 is 5.11 Å². The summed E-state index contributed by atoms with van der Waals surface area (Å²) in [6.07, 6.45) is 0. The van der Waals surface area contributed by atoms with Gasteiger partial charge in [-0.25, -0.2) is 0 Å². The standard InChI is InChI=1S/C14H9OS2/c15-14-12(10-4-6-16-8-10)2-1-3-13(14)11-5-7-17-9-11/h2-9,15H. The second-order valence-electron chi connectivity index (χ2n) is 3.66. The van der Waals surface area contributed by atoms with Crippen LogP contribution in [0.1, 0.15) is 0 Å². The summed E-state index contributed by atoms with van der Waals surface area (Å²) in [4.78, 5) is 0. The third-order valence-electron chi connectivity index (χ3n) is 2.63. The molecule has 1 radical (unpaired) electrons. The summed E-state index contributed by atoms with van der Waals surface area (Å²) in [6.45, 7) is 0. The molecule has 3 rings (SSSR count). The Bertz CT molecular complexity index is 557. The van der Waals surface area contributed by atoms with Crippen molar-refractivity contribution in [1.29, 1.82) is 0 Å². The average molecular weight is 257 g/mol. The van der Waals surface area contributed by atoms with E-state index in [0.29, 0.717) is 5.75 Å². The van der Waals surface area contributed by atoms with Crippen molar-refractivity contribution >= 4 is 22.7 Å². The van der Waals surface area contributed by atoms with Crippen molar-refractivity contribution in [2.45, 2.75) is 0 Å². The fourth-order valence-electron chi connectivity index (χ4n) is 1.77. The average Bonchev–Trinajstić information content (AvgIpc) is 3.02. The molecule has 3 heteroatoms. The van der Waals surface area contributed by atoms with Crippen LogP contribution in [0.4, 0.5) is 0 Å². The predicted molar refractivity (Wildman–Crippen MR) is 73.6 cm³/mol. The Morgan fingerprint density at radius 3 is 1.82 bits per heavy atom. The Hall–Kier alpha value is -1.58. The van der Waals surface area contributed by atoms with Gasteiger partial charge in [-0.3, -0.25) is 0 Å². The van der Waals surface area contributed by atoms with E-state index in [1.807, 2.05) is 45.8 Å². The minimum atomic E-state index is 0.334. The number of hydrogen-bond acceptors (Lipinski definition) is 3. The summed E-state index contributed by atoms with van der Waals surface area (Å²) in [7, 11) is 0. The molecule has 1 aromatic carbocycles. The van der Waals surface area contributed by atoms with E-state index in [1.165, 1.54) is 0 Å². The zero-order valence-electron chi connectivity index (χ0n) is 8.88. The highest BCUT2D eigenvalue weighted by Gasteiger charge is 2.10. The lowest BCUT2D eigenvalue weighted by atomic mass is 10.0. The van der Waals surface area contributed by atoms with Gasteiger partial charge in [-0.2, -0.15) is 22.7 Å². The zero-order valence-corrected chi connectivity index (χ0v) is 10.5. The van der Waals surface area contributed by atoms with Crippen LogP contribution in [0.2, 0.25) is 0 Å². The maximum Gasteiger partial charge on any atom is 0.131 e. The van der Waals surface area contributed by atoms with Crippen LogP contribution in [0.25, 0.3) is 22.3 Å². The third kappa shape index (κ3) is 1.88. The van der Waals surface area contributed by atoms with Gasteiger partial charge in [-0.1, -0.05) is 0 Å². The Morgan fingerprint density at radius 2 is 1.41 bits per heavy atom. The normalized spacial score (nSPS) is 10.6. The van der Waals surface area contributed by atoms with Gasteiger partial charge in [0.05, 0.1) is 0 Å². The molecule has 3 aromatic rings. The van der Waals surface area contributed by atoms with E-state index in [4.69, 9.17) is 0 Å². The highest BCUT2D eigenvalue weighted by atomic mass is 32.1. The first-order chi connectivity index (χ1) is 8.36. The van der Waals surface area contributed by atoms with Gasteiger partial charge in [-0.15, -0.1) is 0 Å². The van der Waals surface area contributed by atoms with Gasteiger partial charge in [0.25, 0.3) is 0 Å². The van der Waals surface area contributed by atoms with Gasteiger partial charge in [0, 0.05) is 11.1 Å². The number of benzene rings is 1. The number of thiophene rings is 2. The Labute approximate surface area is 108 Å². The first kappa shape index (κ1) is 10.6. The minimum Gasteiger partial charge on any atom is -0.507 e. The van der Waals surface area contributed by atoms with E-state index in [-0.39, 0.29) is 0 Å². The molecule has 0 bridgehead atoms. The quantitative estimate of drug-likeness (QED) is 0.708. The van der Waals surface area contributed by atoms with E-state index in [9.17, 15) is 5.11 Å². The monoisotopic (exact) mass is 257 g/mol. The van der Waals surface area contributed by atoms with Gasteiger partial charge in [0.2, 0.25) is 0 Å². The number of hydrogen-bond donors (Lipinski definition) is 1. The van der Waals surface area contributed by atoms with E-state index < -0.39 is 0 Å². The van der Waals surface area contributed by atoms with Crippen LogP contribution in [-0.4, -0.2) is 5.11 Å². The van der Waals surface area contributed by atoms with E-state index >= 15 is 0 Å². The first-order valence-electron chi connectivity index (χ1n) is 5.14. The second-order valence-corrected chi connectivity index (χ2v) is 5.22. The van der Waals surface area contributed by atoms with E-state index in [2.05, 4.69) is 6.07 Å². The largest absolute Gasteiger partial charge is 0.507 e. The van der Waals surface area contributed by atoms with Crippen molar-refractivity contribution in [3.63, 3.8) is 0 Å². The van der Waals surface area contributed by atoms with Gasteiger partial charge >= 0.3 is 0 Å². The lowest BCUT2D eigenvalue weighted by Crippen LogP contribution is -1.81. The molecule has 2 aromatic heterocycles. The first-order valence-corrected chi connectivity index (χ1v) is 7.03. The van der Waals surface area contributed by atoms with Gasteiger partial charge in [0.15, 0.2) is 0 Å². The van der Waals surface area contributed by atoms with Crippen LogP contribution >= 0.6 is 22.7 Å². The zero-order chi connectivity index (χ0) is 11.7. The predicted octanol–water partition coefficient (Wildman–Crippen LogP) is 4.65. The second kappa shape index (κ2) is 4.35. The number of phenols is 1. The topological polar surface area (TPSA) is 20.2 Å². The van der Waals surface area contributed by atoms with E-state index in [0.717, 1.165) is 22.3 Å². The molecular weight excluding hydrogens is 248 g/mol. The Kier molecular flexibility index (Phi) is 2.71. The molecule has 1 N–H and O–H groups in total. The molecule has 2 heterocycles. The van der Waals surface area contributed by atoms with Gasteiger partial charge in [0.1, 0.15) is 5.75 Å². The molecule has 0 spiro atoms. The number of aromatic hydroxyl groups is 1. The van der Waals surface area contributed by atoms with Crippen LogP contribution in [0.3, 0.4) is 0 Å². The molecule has 0 saturated carbocycles. The van der Waals surface area contributed by atoms with Crippen LogP contribution in [0.5, 0.6) is 5.75 Å². The van der Waals surface area contributed by atoms with Crippen molar-refractivity contribution in [2.24, 2.45) is 0 Å². The summed E-state index contributed by atoms with van der Waals surface area (Å²) in [5.41, 5.74) is 3.77.